The summed E-state index contributed by atoms with van der Waals surface area (Å²) in [5, 5.41) is 2.90. The van der Waals surface area contributed by atoms with E-state index in [1.165, 1.54) is 0 Å². The highest BCUT2D eigenvalue weighted by molar-refractivity contribution is 5.78. The number of carbonyl (C=O) groups excluding carboxylic acids is 1. The number of amides is 1. The number of nitrogens with zero attached hydrogens (tertiary/aromatic N) is 1. The van der Waals surface area contributed by atoms with Gasteiger partial charge in [-0.2, -0.15) is 0 Å². The van der Waals surface area contributed by atoms with E-state index >= 15 is 0 Å². The summed E-state index contributed by atoms with van der Waals surface area (Å²) in [4.78, 5) is 16.8. The molecule has 6 nitrogen and oxygen atoms in total. The van der Waals surface area contributed by atoms with Gasteiger partial charge in [0, 0.05) is 17.7 Å². The first-order valence-corrected chi connectivity index (χ1v) is 8.60. The molecule has 2 aromatic carbocycles. The van der Waals surface area contributed by atoms with Gasteiger partial charge in [0.05, 0.1) is 26.3 Å². The largest absolute Gasteiger partial charge is 0.497 e. The number of oxazole rings is 1. The van der Waals surface area contributed by atoms with Crippen LogP contribution in [0.3, 0.4) is 0 Å². The summed E-state index contributed by atoms with van der Waals surface area (Å²) < 4.78 is 16.2. The van der Waals surface area contributed by atoms with Gasteiger partial charge in [-0.25, -0.2) is 4.98 Å². The summed E-state index contributed by atoms with van der Waals surface area (Å²) in [6, 6.07) is 15.0. The number of para-hydroxylation sites is 1. The van der Waals surface area contributed by atoms with Crippen molar-refractivity contribution in [2.75, 3.05) is 14.2 Å². The Morgan fingerprint density at radius 3 is 2.52 bits per heavy atom. The van der Waals surface area contributed by atoms with Gasteiger partial charge in [-0.3, -0.25) is 4.79 Å². The molecule has 1 aromatic heterocycles. The molecule has 0 bridgehead atoms. The van der Waals surface area contributed by atoms with Gasteiger partial charge in [0.1, 0.15) is 17.3 Å². The number of aromatic nitrogens is 1. The number of hydrogen-bond donors (Lipinski definition) is 1. The molecule has 1 amide bonds. The molecule has 0 aliphatic rings. The van der Waals surface area contributed by atoms with Gasteiger partial charge in [0.25, 0.3) is 0 Å². The molecule has 140 valence electrons. The Labute approximate surface area is 158 Å². The Morgan fingerprint density at radius 2 is 1.81 bits per heavy atom. The van der Waals surface area contributed by atoms with Crippen LogP contribution in [0.5, 0.6) is 11.5 Å². The first-order chi connectivity index (χ1) is 13.1. The number of methoxy groups -OCH3 is 2. The average molecular weight is 366 g/mol. The molecule has 0 spiro atoms. The molecule has 1 heterocycles. The molecule has 0 saturated carbocycles. The SMILES string of the molecule is COc1ccc(-c2nc(CC(=O)NCc3ccccc3OC)c(C)o2)cc1. The van der Waals surface area contributed by atoms with E-state index in [4.69, 9.17) is 13.9 Å². The van der Waals surface area contributed by atoms with Gasteiger partial charge in [-0.15, -0.1) is 0 Å². The Hall–Kier alpha value is -3.28. The maximum atomic E-state index is 12.3. The number of hydrogen-bond acceptors (Lipinski definition) is 5. The Balaban J connectivity index is 1.65. The lowest BCUT2D eigenvalue weighted by Gasteiger charge is -2.09. The predicted molar refractivity (Wildman–Crippen MR) is 102 cm³/mol. The van der Waals surface area contributed by atoms with Crippen LogP contribution in [0, 0.1) is 6.92 Å². The van der Waals surface area contributed by atoms with E-state index in [2.05, 4.69) is 10.3 Å². The van der Waals surface area contributed by atoms with Crippen molar-refractivity contribution >= 4 is 5.91 Å². The molecule has 0 unspecified atom stereocenters. The number of nitrogens with one attached hydrogen (secondary N) is 1. The Bertz CT molecular complexity index is 916. The zero-order valence-corrected chi connectivity index (χ0v) is 15.6. The van der Waals surface area contributed by atoms with Gasteiger partial charge in [0.2, 0.25) is 11.8 Å². The highest BCUT2D eigenvalue weighted by atomic mass is 16.5. The van der Waals surface area contributed by atoms with Crippen molar-refractivity contribution in [1.82, 2.24) is 10.3 Å². The van der Waals surface area contributed by atoms with Crippen molar-refractivity contribution in [3.8, 4) is 23.0 Å². The van der Waals surface area contributed by atoms with Gasteiger partial charge in [-0.05, 0) is 37.3 Å². The molecular weight excluding hydrogens is 344 g/mol. The average Bonchev–Trinajstić information content (AvgIpc) is 3.07. The molecule has 0 radical (unpaired) electrons. The van der Waals surface area contributed by atoms with Crippen molar-refractivity contribution in [3.05, 3.63) is 65.5 Å². The fourth-order valence-corrected chi connectivity index (χ4v) is 2.71. The first-order valence-electron chi connectivity index (χ1n) is 8.60. The molecule has 3 aromatic rings. The van der Waals surface area contributed by atoms with E-state index < -0.39 is 0 Å². The van der Waals surface area contributed by atoms with Gasteiger partial charge in [-0.1, -0.05) is 18.2 Å². The number of aryl methyl sites for hydroxylation is 1. The first kappa shape index (κ1) is 18.5. The summed E-state index contributed by atoms with van der Waals surface area (Å²) in [6.45, 7) is 2.20. The quantitative estimate of drug-likeness (QED) is 0.692. The molecule has 1 N–H and O–H groups in total. The van der Waals surface area contributed by atoms with E-state index in [9.17, 15) is 4.79 Å². The smallest absolute Gasteiger partial charge is 0.226 e. The number of benzene rings is 2. The molecule has 0 saturated heterocycles. The topological polar surface area (TPSA) is 73.6 Å². The minimum atomic E-state index is -0.126. The van der Waals surface area contributed by atoms with Crippen LogP contribution >= 0.6 is 0 Å². The molecule has 0 atom stereocenters. The van der Waals surface area contributed by atoms with Crippen LogP contribution in [0.1, 0.15) is 17.0 Å². The van der Waals surface area contributed by atoms with Crippen LogP contribution in [-0.4, -0.2) is 25.1 Å². The van der Waals surface area contributed by atoms with Crippen LogP contribution in [0.2, 0.25) is 0 Å². The lowest BCUT2D eigenvalue weighted by molar-refractivity contribution is -0.120. The summed E-state index contributed by atoms with van der Waals surface area (Å²) in [6.07, 6.45) is 0.153. The van der Waals surface area contributed by atoms with Crippen molar-refractivity contribution in [1.29, 1.82) is 0 Å². The molecule has 0 aliphatic carbocycles. The highest BCUT2D eigenvalue weighted by Crippen LogP contribution is 2.24. The third kappa shape index (κ3) is 4.47. The lowest BCUT2D eigenvalue weighted by atomic mass is 10.2. The fourth-order valence-electron chi connectivity index (χ4n) is 2.71. The monoisotopic (exact) mass is 366 g/mol. The van der Waals surface area contributed by atoms with E-state index in [1.807, 2.05) is 55.5 Å². The maximum absolute atomic E-state index is 12.3. The second-order valence-corrected chi connectivity index (χ2v) is 6.02. The zero-order chi connectivity index (χ0) is 19.2. The maximum Gasteiger partial charge on any atom is 0.226 e. The van der Waals surface area contributed by atoms with E-state index in [0.29, 0.717) is 23.9 Å². The van der Waals surface area contributed by atoms with E-state index in [0.717, 1.165) is 22.6 Å². The molecule has 0 aliphatic heterocycles. The molecule has 6 heteroatoms. The van der Waals surface area contributed by atoms with Crippen molar-refractivity contribution in [3.63, 3.8) is 0 Å². The molecule has 27 heavy (non-hydrogen) atoms. The lowest BCUT2D eigenvalue weighted by Crippen LogP contribution is -2.25. The van der Waals surface area contributed by atoms with Crippen LogP contribution in [-0.2, 0) is 17.8 Å². The molecule has 3 rings (SSSR count). The van der Waals surface area contributed by atoms with Gasteiger partial charge >= 0.3 is 0 Å². The minimum absolute atomic E-state index is 0.126. The number of carbonyl (C=O) groups is 1. The third-order valence-corrected chi connectivity index (χ3v) is 4.23. The summed E-state index contributed by atoms with van der Waals surface area (Å²) in [5.74, 6) is 2.50. The van der Waals surface area contributed by atoms with Gasteiger partial charge < -0.3 is 19.2 Å². The second-order valence-electron chi connectivity index (χ2n) is 6.02. The molecule has 0 fully saturated rings. The minimum Gasteiger partial charge on any atom is -0.497 e. The standard InChI is InChI=1S/C21H22N2O4/c1-14-18(23-21(27-14)15-8-10-17(25-2)11-9-15)12-20(24)22-13-16-6-4-5-7-19(16)26-3/h4-11H,12-13H2,1-3H3,(H,22,24). The number of rotatable bonds is 7. The summed E-state index contributed by atoms with van der Waals surface area (Å²) in [5.41, 5.74) is 2.38. The summed E-state index contributed by atoms with van der Waals surface area (Å²) >= 11 is 0. The Kier molecular flexibility index (Phi) is 5.76. The normalized spacial score (nSPS) is 10.5. The van der Waals surface area contributed by atoms with Crippen LogP contribution in [0.4, 0.5) is 0 Å². The molecular formula is C21H22N2O4. The number of ether oxygens (including phenoxy) is 2. The van der Waals surface area contributed by atoms with E-state index in [1.54, 1.807) is 14.2 Å². The van der Waals surface area contributed by atoms with Gasteiger partial charge in [0.15, 0.2) is 0 Å². The summed E-state index contributed by atoms with van der Waals surface area (Å²) in [7, 11) is 3.23. The second kappa shape index (κ2) is 8.40. The van der Waals surface area contributed by atoms with Crippen LogP contribution in [0.25, 0.3) is 11.5 Å². The predicted octanol–water partition coefficient (Wildman–Crippen LogP) is 3.53. The van der Waals surface area contributed by atoms with E-state index in [-0.39, 0.29) is 12.3 Å². The fraction of sp³-hybridized carbons (Fsp3) is 0.238. The Morgan fingerprint density at radius 1 is 1.07 bits per heavy atom. The van der Waals surface area contributed by atoms with Crippen LogP contribution < -0.4 is 14.8 Å². The zero-order valence-electron chi connectivity index (χ0n) is 15.6. The highest BCUT2D eigenvalue weighted by Gasteiger charge is 2.15. The van der Waals surface area contributed by atoms with Crippen LogP contribution in [0.15, 0.2) is 52.9 Å². The van der Waals surface area contributed by atoms with Crippen molar-refractivity contribution in [2.24, 2.45) is 0 Å². The third-order valence-electron chi connectivity index (χ3n) is 4.23. The van der Waals surface area contributed by atoms with Crippen molar-refractivity contribution < 1.29 is 18.7 Å². The van der Waals surface area contributed by atoms with Crippen molar-refractivity contribution in [2.45, 2.75) is 19.9 Å².